The third-order valence-electron chi connectivity index (χ3n) is 3.01. The highest BCUT2D eigenvalue weighted by Crippen LogP contribution is 2.32. The lowest BCUT2D eigenvalue weighted by Crippen LogP contribution is -2.12. The topological polar surface area (TPSA) is 55.8 Å². The lowest BCUT2D eigenvalue weighted by Gasteiger charge is -2.16. The minimum absolute atomic E-state index is 0.188. The molecule has 0 radical (unpaired) electrons. The Morgan fingerprint density at radius 3 is 2.37 bits per heavy atom. The molecule has 0 aliphatic heterocycles. The number of benzene rings is 1. The Bertz CT molecular complexity index is 409. The van der Waals surface area contributed by atoms with Gasteiger partial charge in [0.25, 0.3) is 0 Å². The van der Waals surface area contributed by atoms with Gasteiger partial charge >= 0.3 is 5.97 Å². The van der Waals surface area contributed by atoms with Crippen molar-refractivity contribution in [1.29, 1.82) is 0 Å². The minimum Gasteiger partial charge on any atom is -0.493 e. The van der Waals surface area contributed by atoms with E-state index in [1.54, 1.807) is 13.2 Å². The van der Waals surface area contributed by atoms with Crippen LogP contribution in [0.3, 0.4) is 0 Å². The van der Waals surface area contributed by atoms with Crippen LogP contribution in [0.1, 0.15) is 49.9 Å². The van der Waals surface area contributed by atoms with Crippen LogP contribution in [-0.2, 0) is 0 Å². The Morgan fingerprint density at radius 2 is 1.84 bits per heavy atom. The van der Waals surface area contributed by atoms with Crippen LogP contribution in [0, 0.1) is 0 Å². The zero-order valence-corrected chi connectivity index (χ0v) is 11.8. The predicted molar refractivity (Wildman–Crippen MR) is 74.2 cm³/mol. The standard InChI is InChI=1S/C13H16O4.C2H6/c1-16-11-7-6-9(13(14)15)8-12(11)17-10-4-2-3-5-10;1-2/h6-8,10H,2-5H2,1H3,(H,14,15);1-2H3. The van der Waals surface area contributed by atoms with E-state index in [9.17, 15) is 4.79 Å². The quantitative estimate of drug-likeness (QED) is 0.902. The maximum Gasteiger partial charge on any atom is 0.335 e. The van der Waals surface area contributed by atoms with Crippen molar-refractivity contribution in [2.24, 2.45) is 0 Å². The first-order valence-corrected chi connectivity index (χ1v) is 6.78. The van der Waals surface area contributed by atoms with Crippen LogP contribution in [-0.4, -0.2) is 24.3 Å². The molecule has 1 N–H and O–H groups in total. The van der Waals surface area contributed by atoms with Gasteiger partial charge in [-0.3, -0.25) is 0 Å². The summed E-state index contributed by atoms with van der Waals surface area (Å²) in [6.07, 6.45) is 4.59. The van der Waals surface area contributed by atoms with Crippen LogP contribution in [0.5, 0.6) is 11.5 Å². The molecular weight excluding hydrogens is 244 g/mol. The van der Waals surface area contributed by atoms with Gasteiger partial charge in [-0.05, 0) is 43.9 Å². The van der Waals surface area contributed by atoms with Crippen molar-refractivity contribution in [3.05, 3.63) is 23.8 Å². The molecule has 4 nitrogen and oxygen atoms in total. The van der Waals surface area contributed by atoms with Gasteiger partial charge in [-0.15, -0.1) is 0 Å². The first-order chi connectivity index (χ1) is 9.20. The van der Waals surface area contributed by atoms with E-state index in [-0.39, 0.29) is 11.7 Å². The average Bonchev–Trinajstić information content (AvgIpc) is 2.94. The molecule has 1 aliphatic rings. The molecule has 0 unspecified atom stereocenters. The maximum atomic E-state index is 10.9. The molecule has 1 saturated carbocycles. The second-order valence-corrected chi connectivity index (χ2v) is 4.20. The Kier molecular flexibility index (Phi) is 6.19. The zero-order valence-electron chi connectivity index (χ0n) is 11.8. The summed E-state index contributed by atoms with van der Waals surface area (Å²) in [5.74, 6) is 0.158. The molecule has 1 aliphatic carbocycles. The average molecular weight is 266 g/mol. The predicted octanol–water partition coefficient (Wildman–Crippen LogP) is 3.74. The second kappa shape index (κ2) is 7.67. The molecule has 1 aromatic rings. The van der Waals surface area contributed by atoms with Crippen LogP contribution in [0.2, 0.25) is 0 Å². The number of hydrogen-bond acceptors (Lipinski definition) is 3. The van der Waals surface area contributed by atoms with Crippen LogP contribution in [0.4, 0.5) is 0 Å². The molecule has 0 spiro atoms. The first-order valence-electron chi connectivity index (χ1n) is 6.78. The minimum atomic E-state index is -0.955. The van der Waals surface area contributed by atoms with Crippen LogP contribution in [0.15, 0.2) is 18.2 Å². The number of carboxylic acid groups (broad SMARTS) is 1. The van der Waals surface area contributed by atoms with Crippen molar-refractivity contribution >= 4 is 5.97 Å². The highest BCUT2D eigenvalue weighted by Gasteiger charge is 2.19. The van der Waals surface area contributed by atoms with E-state index < -0.39 is 5.97 Å². The summed E-state index contributed by atoms with van der Waals surface area (Å²) in [7, 11) is 1.55. The first kappa shape index (κ1) is 15.3. The van der Waals surface area contributed by atoms with E-state index >= 15 is 0 Å². The molecule has 0 saturated heterocycles. The molecule has 0 atom stereocenters. The number of aromatic carboxylic acids is 1. The van der Waals surface area contributed by atoms with Crippen molar-refractivity contribution in [3.8, 4) is 11.5 Å². The van der Waals surface area contributed by atoms with Gasteiger partial charge in [0, 0.05) is 0 Å². The fraction of sp³-hybridized carbons (Fsp3) is 0.533. The summed E-state index contributed by atoms with van der Waals surface area (Å²) in [5.41, 5.74) is 0.221. The summed E-state index contributed by atoms with van der Waals surface area (Å²) < 4.78 is 11.0. The molecule has 0 aromatic heterocycles. The summed E-state index contributed by atoms with van der Waals surface area (Å²) in [6, 6.07) is 4.68. The molecule has 106 valence electrons. The molecule has 1 fully saturated rings. The fourth-order valence-corrected chi connectivity index (χ4v) is 2.09. The van der Waals surface area contributed by atoms with E-state index in [0.717, 1.165) is 12.8 Å². The molecular formula is C15H22O4. The lowest BCUT2D eigenvalue weighted by molar-refractivity contribution is 0.0696. The van der Waals surface area contributed by atoms with Crippen LogP contribution in [0.25, 0.3) is 0 Å². The second-order valence-electron chi connectivity index (χ2n) is 4.20. The Hall–Kier alpha value is -1.71. The van der Waals surface area contributed by atoms with Gasteiger partial charge in [0.05, 0.1) is 18.8 Å². The molecule has 0 amide bonds. The number of rotatable bonds is 4. The molecule has 4 heteroatoms. The van der Waals surface area contributed by atoms with Crippen molar-refractivity contribution in [2.75, 3.05) is 7.11 Å². The number of methoxy groups -OCH3 is 1. The molecule has 1 aromatic carbocycles. The van der Waals surface area contributed by atoms with E-state index in [0.29, 0.717) is 11.5 Å². The molecule has 19 heavy (non-hydrogen) atoms. The smallest absolute Gasteiger partial charge is 0.335 e. The van der Waals surface area contributed by atoms with Gasteiger partial charge in [-0.25, -0.2) is 4.79 Å². The van der Waals surface area contributed by atoms with Crippen molar-refractivity contribution in [1.82, 2.24) is 0 Å². The zero-order chi connectivity index (χ0) is 14.3. The van der Waals surface area contributed by atoms with Gasteiger partial charge in [0.2, 0.25) is 0 Å². The highest BCUT2D eigenvalue weighted by molar-refractivity contribution is 5.88. The summed E-state index contributed by atoms with van der Waals surface area (Å²) in [6.45, 7) is 4.00. The van der Waals surface area contributed by atoms with Crippen molar-refractivity contribution < 1.29 is 19.4 Å². The number of ether oxygens (including phenoxy) is 2. The third-order valence-corrected chi connectivity index (χ3v) is 3.01. The van der Waals surface area contributed by atoms with E-state index in [1.165, 1.54) is 25.0 Å². The van der Waals surface area contributed by atoms with E-state index in [4.69, 9.17) is 14.6 Å². The van der Waals surface area contributed by atoms with E-state index in [2.05, 4.69) is 0 Å². The van der Waals surface area contributed by atoms with Gasteiger partial charge in [0.15, 0.2) is 11.5 Å². The number of hydrogen-bond donors (Lipinski definition) is 1. The Balaban J connectivity index is 0.000000861. The number of carboxylic acids is 1. The lowest BCUT2D eigenvalue weighted by atomic mass is 10.2. The third kappa shape index (κ3) is 4.16. The summed E-state index contributed by atoms with van der Waals surface area (Å²) in [4.78, 5) is 10.9. The van der Waals surface area contributed by atoms with Gasteiger partial charge in [-0.2, -0.15) is 0 Å². The van der Waals surface area contributed by atoms with Gasteiger partial charge < -0.3 is 14.6 Å². The molecule has 2 rings (SSSR count). The Morgan fingerprint density at radius 1 is 1.21 bits per heavy atom. The highest BCUT2D eigenvalue weighted by atomic mass is 16.5. The molecule has 0 heterocycles. The normalized spacial score (nSPS) is 14.5. The maximum absolute atomic E-state index is 10.9. The van der Waals surface area contributed by atoms with Crippen molar-refractivity contribution in [3.63, 3.8) is 0 Å². The van der Waals surface area contributed by atoms with Gasteiger partial charge in [-0.1, -0.05) is 13.8 Å². The SMILES string of the molecule is CC.COc1ccc(C(=O)O)cc1OC1CCCC1. The summed E-state index contributed by atoms with van der Waals surface area (Å²) in [5, 5.41) is 8.94. The monoisotopic (exact) mass is 266 g/mol. The molecule has 0 bridgehead atoms. The Labute approximate surface area is 114 Å². The van der Waals surface area contributed by atoms with E-state index in [1.807, 2.05) is 13.8 Å². The van der Waals surface area contributed by atoms with Crippen LogP contribution < -0.4 is 9.47 Å². The fourth-order valence-electron chi connectivity index (χ4n) is 2.09. The van der Waals surface area contributed by atoms with Crippen molar-refractivity contribution in [2.45, 2.75) is 45.6 Å². The summed E-state index contributed by atoms with van der Waals surface area (Å²) >= 11 is 0. The number of carbonyl (C=O) groups is 1. The largest absolute Gasteiger partial charge is 0.493 e. The van der Waals surface area contributed by atoms with Crippen LogP contribution >= 0.6 is 0 Å². The van der Waals surface area contributed by atoms with Gasteiger partial charge in [0.1, 0.15) is 0 Å².